The van der Waals surface area contributed by atoms with Crippen LogP contribution < -0.4 is 9.47 Å². The molecule has 0 radical (unpaired) electrons. The maximum absolute atomic E-state index is 12.7. The molecule has 28 heavy (non-hydrogen) atoms. The van der Waals surface area contributed by atoms with Crippen molar-refractivity contribution in [2.45, 2.75) is 32.7 Å². The van der Waals surface area contributed by atoms with Gasteiger partial charge in [-0.15, -0.1) is 0 Å². The summed E-state index contributed by atoms with van der Waals surface area (Å²) in [4.78, 5) is 28.9. The zero-order chi connectivity index (χ0) is 20.8. The third kappa shape index (κ3) is 4.47. The number of carbonyl (C=O) groups is 2. The lowest BCUT2D eigenvalue weighted by Gasteiger charge is -2.28. The van der Waals surface area contributed by atoms with Crippen molar-refractivity contribution < 1.29 is 24.2 Å². The highest BCUT2D eigenvalue weighted by atomic mass is 16.5. The predicted octanol–water partition coefficient (Wildman–Crippen LogP) is 2.72. The average Bonchev–Trinajstić information content (AvgIpc) is 2.92. The molecule has 1 aromatic rings. The van der Waals surface area contributed by atoms with Crippen LogP contribution in [-0.2, 0) is 9.59 Å². The van der Waals surface area contributed by atoms with Gasteiger partial charge in [0.05, 0.1) is 25.3 Å². The molecule has 0 aliphatic carbocycles. The first-order valence-electron chi connectivity index (χ1n) is 9.58. The topological polar surface area (TPSA) is 79.3 Å². The van der Waals surface area contributed by atoms with E-state index in [9.17, 15) is 14.7 Å². The molecule has 7 nitrogen and oxygen atoms in total. The second-order valence-electron chi connectivity index (χ2n) is 6.94. The second-order valence-corrected chi connectivity index (χ2v) is 6.94. The molecule has 0 saturated carbocycles. The van der Waals surface area contributed by atoms with Gasteiger partial charge in [0.25, 0.3) is 5.91 Å². The molecule has 1 aliphatic rings. The highest BCUT2D eigenvalue weighted by molar-refractivity contribution is 6.08. The third-order valence-corrected chi connectivity index (χ3v) is 4.73. The van der Waals surface area contributed by atoms with Crippen LogP contribution in [0.25, 0.3) is 0 Å². The summed E-state index contributed by atoms with van der Waals surface area (Å²) in [5, 5.41) is 10.4. The van der Waals surface area contributed by atoms with Crippen LogP contribution in [0, 0.1) is 0 Å². The van der Waals surface area contributed by atoms with Gasteiger partial charge < -0.3 is 24.4 Å². The number of Topliss-reactive ketones (excluding diaryl/α,β-unsaturated/α-hetero) is 1. The standard InChI is InChI=1S/C21H30N2O5/c1-6-15(24)18-19(14-9-10-16(28-7-2)17(13-14)27-5)23(21(26)20(18)25)12-8-11-22(3)4/h9-10,13,19,25H,6-8,11-12H2,1-5H3. The zero-order valence-corrected chi connectivity index (χ0v) is 17.3. The van der Waals surface area contributed by atoms with Gasteiger partial charge in [0, 0.05) is 13.0 Å². The number of benzene rings is 1. The number of nitrogens with zero attached hydrogens (tertiary/aromatic N) is 2. The molecule has 7 heteroatoms. The summed E-state index contributed by atoms with van der Waals surface area (Å²) in [6.07, 6.45) is 0.938. The van der Waals surface area contributed by atoms with E-state index in [-0.39, 0.29) is 17.8 Å². The van der Waals surface area contributed by atoms with Gasteiger partial charge in [0.15, 0.2) is 23.0 Å². The zero-order valence-electron chi connectivity index (χ0n) is 17.3. The van der Waals surface area contributed by atoms with Crippen LogP contribution in [0.4, 0.5) is 0 Å². The molecule has 1 atom stereocenters. The third-order valence-electron chi connectivity index (χ3n) is 4.73. The number of rotatable bonds is 10. The van der Waals surface area contributed by atoms with Crippen LogP contribution in [0.2, 0.25) is 0 Å². The highest BCUT2D eigenvalue weighted by Crippen LogP contribution is 2.41. The normalized spacial score (nSPS) is 16.9. The first-order valence-corrected chi connectivity index (χ1v) is 9.58. The molecule has 1 aromatic carbocycles. The molecule has 0 spiro atoms. The Labute approximate surface area is 166 Å². The molecule has 1 unspecified atom stereocenters. The van der Waals surface area contributed by atoms with Crippen LogP contribution in [0.3, 0.4) is 0 Å². The number of aliphatic hydroxyl groups excluding tert-OH is 1. The Morgan fingerprint density at radius 1 is 1.25 bits per heavy atom. The number of hydrogen-bond donors (Lipinski definition) is 1. The maximum atomic E-state index is 12.7. The van der Waals surface area contributed by atoms with E-state index in [1.165, 1.54) is 0 Å². The monoisotopic (exact) mass is 390 g/mol. The molecule has 1 amide bonds. The van der Waals surface area contributed by atoms with Gasteiger partial charge in [-0.3, -0.25) is 9.59 Å². The fraction of sp³-hybridized carbons (Fsp3) is 0.524. The van der Waals surface area contributed by atoms with Crippen LogP contribution in [0.15, 0.2) is 29.5 Å². The number of amides is 1. The van der Waals surface area contributed by atoms with E-state index in [1.54, 1.807) is 31.1 Å². The molecule has 2 rings (SSSR count). The molecule has 0 saturated heterocycles. The first-order chi connectivity index (χ1) is 13.3. The van der Waals surface area contributed by atoms with Gasteiger partial charge in [0.1, 0.15) is 0 Å². The van der Waals surface area contributed by atoms with Crippen molar-refractivity contribution >= 4 is 11.7 Å². The fourth-order valence-electron chi connectivity index (χ4n) is 3.39. The predicted molar refractivity (Wildman–Crippen MR) is 107 cm³/mol. The lowest BCUT2D eigenvalue weighted by molar-refractivity contribution is -0.129. The quantitative estimate of drug-likeness (QED) is 0.662. The summed E-state index contributed by atoms with van der Waals surface area (Å²) in [5.41, 5.74) is 0.864. The Morgan fingerprint density at radius 3 is 2.54 bits per heavy atom. The van der Waals surface area contributed by atoms with Gasteiger partial charge >= 0.3 is 0 Å². The van der Waals surface area contributed by atoms with E-state index < -0.39 is 17.7 Å². The Morgan fingerprint density at radius 2 is 1.96 bits per heavy atom. The van der Waals surface area contributed by atoms with Crippen molar-refractivity contribution in [3.63, 3.8) is 0 Å². The Hall–Kier alpha value is -2.54. The first kappa shape index (κ1) is 21.8. The fourth-order valence-corrected chi connectivity index (χ4v) is 3.39. The minimum absolute atomic E-state index is 0.156. The van der Waals surface area contributed by atoms with Gasteiger partial charge in [-0.05, 0) is 51.7 Å². The Bertz CT molecular complexity index is 757. The largest absolute Gasteiger partial charge is 0.503 e. The van der Waals surface area contributed by atoms with Crippen molar-refractivity contribution in [3.05, 3.63) is 35.1 Å². The van der Waals surface area contributed by atoms with Gasteiger partial charge in [-0.1, -0.05) is 13.0 Å². The average molecular weight is 390 g/mol. The van der Waals surface area contributed by atoms with Crippen LogP contribution in [0.5, 0.6) is 11.5 Å². The Kier molecular flexibility index (Phi) is 7.45. The summed E-state index contributed by atoms with van der Waals surface area (Å²) in [5.74, 6) is -0.0784. The molecule has 1 N–H and O–H groups in total. The lowest BCUT2D eigenvalue weighted by atomic mass is 9.94. The summed E-state index contributed by atoms with van der Waals surface area (Å²) >= 11 is 0. The molecule has 1 heterocycles. The summed E-state index contributed by atoms with van der Waals surface area (Å²) in [6, 6.07) is 4.71. The van der Waals surface area contributed by atoms with E-state index >= 15 is 0 Å². The molecule has 0 aromatic heterocycles. The minimum Gasteiger partial charge on any atom is -0.503 e. The van der Waals surface area contributed by atoms with Crippen LogP contribution in [0.1, 0.15) is 38.3 Å². The molecular weight excluding hydrogens is 360 g/mol. The second kappa shape index (κ2) is 9.59. The smallest absolute Gasteiger partial charge is 0.290 e. The summed E-state index contributed by atoms with van der Waals surface area (Å²) < 4.78 is 11.0. The van der Waals surface area contributed by atoms with Gasteiger partial charge in [-0.25, -0.2) is 0 Å². The number of aliphatic hydroxyl groups is 1. The van der Waals surface area contributed by atoms with Gasteiger partial charge in [-0.2, -0.15) is 0 Å². The summed E-state index contributed by atoms with van der Waals surface area (Å²) in [7, 11) is 5.46. The van der Waals surface area contributed by atoms with Crippen molar-refractivity contribution in [1.29, 1.82) is 0 Å². The van der Waals surface area contributed by atoms with Crippen molar-refractivity contribution in [2.24, 2.45) is 0 Å². The highest BCUT2D eigenvalue weighted by Gasteiger charge is 2.42. The number of ketones is 1. The van der Waals surface area contributed by atoms with Crippen LogP contribution >= 0.6 is 0 Å². The van der Waals surface area contributed by atoms with E-state index in [0.29, 0.717) is 30.2 Å². The van der Waals surface area contributed by atoms with Crippen molar-refractivity contribution in [3.8, 4) is 11.5 Å². The van der Waals surface area contributed by atoms with Crippen molar-refractivity contribution in [1.82, 2.24) is 9.80 Å². The number of methoxy groups -OCH3 is 1. The molecule has 0 bridgehead atoms. The lowest BCUT2D eigenvalue weighted by Crippen LogP contribution is -2.33. The minimum atomic E-state index is -0.633. The van der Waals surface area contributed by atoms with E-state index in [4.69, 9.17) is 9.47 Å². The van der Waals surface area contributed by atoms with Crippen LogP contribution in [-0.4, -0.2) is 67.5 Å². The molecule has 1 aliphatic heterocycles. The number of ether oxygens (including phenoxy) is 2. The molecular formula is C21H30N2O5. The maximum Gasteiger partial charge on any atom is 0.290 e. The van der Waals surface area contributed by atoms with E-state index in [0.717, 1.165) is 13.0 Å². The number of carbonyl (C=O) groups excluding carboxylic acids is 2. The molecule has 154 valence electrons. The molecule has 0 fully saturated rings. The van der Waals surface area contributed by atoms with Gasteiger partial charge in [0.2, 0.25) is 0 Å². The summed E-state index contributed by atoms with van der Waals surface area (Å²) in [6.45, 7) is 5.32. The van der Waals surface area contributed by atoms with E-state index in [2.05, 4.69) is 0 Å². The SMILES string of the molecule is CCOc1ccc(C2C(C(=O)CC)=C(O)C(=O)N2CCCN(C)C)cc1OC. The van der Waals surface area contributed by atoms with Crippen molar-refractivity contribution in [2.75, 3.05) is 40.9 Å². The number of hydrogen-bond acceptors (Lipinski definition) is 6. The Balaban J connectivity index is 2.46. The van der Waals surface area contributed by atoms with E-state index in [1.807, 2.05) is 32.0 Å².